The Bertz CT molecular complexity index is 135. The van der Waals surface area contributed by atoms with Crippen LogP contribution in [0.2, 0.25) is 0 Å². The first-order valence-corrected chi connectivity index (χ1v) is 6.11. The lowest BCUT2D eigenvalue weighted by Gasteiger charge is -2.16. The SMILES string of the molecule is CCSC(=O)CCCN(CC)CC. The van der Waals surface area contributed by atoms with E-state index in [-0.39, 0.29) is 0 Å². The van der Waals surface area contributed by atoms with Gasteiger partial charge in [0, 0.05) is 6.42 Å². The highest BCUT2D eigenvalue weighted by molar-refractivity contribution is 8.13. The molecule has 0 rings (SSSR count). The van der Waals surface area contributed by atoms with Gasteiger partial charge in [-0.05, 0) is 31.8 Å². The van der Waals surface area contributed by atoms with E-state index in [2.05, 4.69) is 18.7 Å². The van der Waals surface area contributed by atoms with Crippen LogP contribution in [0.1, 0.15) is 33.6 Å². The van der Waals surface area contributed by atoms with Gasteiger partial charge in [0.15, 0.2) is 5.12 Å². The maximum absolute atomic E-state index is 11.1. The molecule has 0 atom stereocenters. The van der Waals surface area contributed by atoms with Crippen molar-refractivity contribution in [3.63, 3.8) is 0 Å². The van der Waals surface area contributed by atoms with E-state index in [0.29, 0.717) is 5.12 Å². The van der Waals surface area contributed by atoms with E-state index >= 15 is 0 Å². The predicted octanol–water partition coefficient (Wildman–Crippen LogP) is 2.39. The van der Waals surface area contributed by atoms with Crippen molar-refractivity contribution in [1.82, 2.24) is 4.90 Å². The van der Waals surface area contributed by atoms with Crippen LogP contribution in [0.5, 0.6) is 0 Å². The van der Waals surface area contributed by atoms with E-state index in [0.717, 1.165) is 38.2 Å². The molecule has 0 fully saturated rings. The molecule has 0 aromatic heterocycles. The third-order valence-corrected chi connectivity index (χ3v) is 2.87. The van der Waals surface area contributed by atoms with Gasteiger partial charge in [-0.2, -0.15) is 0 Å². The van der Waals surface area contributed by atoms with E-state index in [4.69, 9.17) is 0 Å². The summed E-state index contributed by atoms with van der Waals surface area (Å²) >= 11 is 1.44. The van der Waals surface area contributed by atoms with Crippen LogP contribution in [0.4, 0.5) is 0 Å². The average Bonchev–Trinajstić information content (AvgIpc) is 2.13. The number of thioether (sulfide) groups is 1. The third kappa shape index (κ3) is 7.08. The minimum absolute atomic E-state index is 0.342. The third-order valence-electron chi connectivity index (χ3n) is 2.05. The molecule has 2 nitrogen and oxygen atoms in total. The summed E-state index contributed by atoms with van der Waals surface area (Å²) < 4.78 is 0. The van der Waals surface area contributed by atoms with E-state index < -0.39 is 0 Å². The second kappa shape index (κ2) is 8.57. The molecule has 0 aliphatic heterocycles. The van der Waals surface area contributed by atoms with Crippen molar-refractivity contribution in [1.29, 1.82) is 0 Å². The fourth-order valence-corrected chi connectivity index (χ4v) is 1.83. The highest BCUT2D eigenvalue weighted by Gasteiger charge is 2.03. The highest BCUT2D eigenvalue weighted by Crippen LogP contribution is 2.06. The Morgan fingerprint density at radius 3 is 2.31 bits per heavy atom. The maximum atomic E-state index is 11.1. The monoisotopic (exact) mass is 203 g/mol. The fraction of sp³-hybridized carbons (Fsp3) is 0.900. The summed E-state index contributed by atoms with van der Waals surface area (Å²) in [4.78, 5) is 13.5. The van der Waals surface area contributed by atoms with Gasteiger partial charge in [0.05, 0.1) is 0 Å². The molecule has 0 heterocycles. The van der Waals surface area contributed by atoms with Gasteiger partial charge in [-0.25, -0.2) is 0 Å². The number of carbonyl (C=O) groups is 1. The molecule has 78 valence electrons. The lowest BCUT2D eigenvalue weighted by molar-refractivity contribution is -0.111. The molecule has 0 unspecified atom stereocenters. The largest absolute Gasteiger partial charge is 0.304 e. The highest BCUT2D eigenvalue weighted by atomic mass is 32.2. The molecular formula is C10H21NOS. The topological polar surface area (TPSA) is 20.3 Å². The molecule has 0 aliphatic carbocycles. The zero-order chi connectivity index (χ0) is 10.1. The minimum atomic E-state index is 0.342. The smallest absolute Gasteiger partial charge is 0.188 e. The first kappa shape index (κ1) is 13.0. The van der Waals surface area contributed by atoms with Gasteiger partial charge in [0.25, 0.3) is 0 Å². The first-order valence-electron chi connectivity index (χ1n) is 5.12. The molecule has 0 aliphatic rings. The van der Waals surface area contributed by atoms with Gasteiger partial charge in [-0.3, -0.25) is 4.79 Å². The molecule has 0 radical (unpaired) electrons. The van der Waals surface area contributed by atoms with Crippen LogP contribution in [0.3, 0.4) is 0 Å². The Kier molecular flexibility index (Phi) is 8.56. The van der Waals surface area contributed by atoms with Crippen molar-refractivity contribution < 1.29 is 4.79 Å². The van der Waals surface area contributed by atoms with Crippen LogP contribution < -0.4 is 0 Å². The quantitative estimate of drug-likeness (QED) is 0.633. The lowest BCUT2D eigenvalue weighted by Crippen LogP contribution is -2.24. The van der Waals surface area contributed by atoms with Crippen LogP contribution >= 0.6 is 11.8 Å². The summed E-state index contributed by atoms with van der Waals surface area (Å²) in [7, 11) is 0. The Morgan fingerprint density at radius 2 is 1.85 bits per heavy atom. The van der Waals surface area contributed by atoms with E-state index in [1.807, 2.05) is 6.92 Å². The molecule has 13 heavy (non-hydrogen) atoms. The number of hydrogen-bond donors (Lipinski definition) is 0. The normalized spacial score (nSPS) is 10.8. The zero-order valence-corrected chi connectivity index (χ0v) is 9.82. The predicted molar refractivity (Wildman–Crippen MR) is 60.2 cm³/mol. The van der Waals surface area contributed by atoms with Crippen LogP contribution in [-0.2, 0) is 4.79 Å². The van der Waals surface area contributed by atoms with Crippen LogP contribution in [0.25, 0.3) is 0 Å². The van der Waals surface area contributed by atoms with E-state index in [1.165, 1.54) is 11.8 Å². The van der Waals surface area contributed by atoms with Gasteiger partial charge in [0.1, 0.15) is 0 Å². The molecule has 0 N–H and O–H groups in total. The Morgan fingerprint density at radius 1 is 1.23 bits per heavy atom. The minimum Gasteiger partial charge on any atom is -0.304 e. The average molecular weight is 203 g/mol. The van der Waals surface area contributed by atoms with Crippen molar-refractivity contribution in [3.05, 3.63) is 0 Å². The zero-order valence-electron chi connectivity index (χ0n) is 9.01. The Labute approximate surface area is 86.1 Å². The molecule has 0 bridgehead atoms. The molecule has 0 aromatic carbocycles. The second-order valence-corrected chi connectivity index (χ2v) is 4.26. The lowest BCUT2D eigenvalue weighted by atomic mass is 10.3. The summed E-state index contributed by atoms with van der Waals surface area (Å²) in [5, 5.41) is 0.342. The van der Waals surface area contributed by atoms with Crippen molar-refractivity contribution in [3.8, 4) is 0 Å². The number of carbonyl (C=O) groups excluding carboxylic acids is 1. The van der Waals surface area contributed by atoms with Crippen molar-refractivity contribution >= 4 is 16.9 Å². The van der Waals surface area contributed by atoms with Gasteiger partial charge in [-0.15, -0.1) is 0 Å². The van der Waals surface area contributed by atoms with Crippen LogP contribution in [0.15, 0.2) is 0 Å². The second-order valence-electron chi connectivity index (χ2n) is 2.94. The first-order chi connectivity index (χ1) is 6.24. The van der Waals surface area contributed by atoms with Gasteiger partial charge >= 0.3 is 0 Å². The van der Waals surface area contributed by atoms with Crippen LogP contribution in [-0.4, -0.2) is 35.4 Å². The summed E-state index contributed by atoms with van der Waals surface area (Å²) in [5.74, 6) is 0.907. The molecule has 0 saturated heterocycles. The number of hydrogen-bond acceptors (Lipinski definition) is 3. The molecular weight excluding hydrogens is 182 g/mol. The van der Waals surface area contributed by atoms with Crippen molar-refractivity contribution in [2.24, 2.45) is 0 Å². The summed E-state index contributed by atoms with van der Waals surface area (Å²) in [5.41, 5.74) is 0. The number of rotatable bonds is 7. The standard InChI is InChI=1S/C10H21NOS/c1-4-11(5-2)9-7-8-10(12)13-6-3/h4-9H2,1-3H3. The maximum Gasteiger partial charge on any atom is 0.188 e. The van der Waals surface area contributed by atoms with Gasteiger partial charge in [0.2, 0.25) is 0 Å². The Balaban J connectivity index is 3.37. The van der Waals surface area contributed by atoms with Gasteiger partial charge in [-0.1, -0.05) is 32.5 Å². The van der Waals surface area contributed by atoms with E-state index in [1.54, 1.807) is 0 Å². The summed E-state index contributed by atoms with van der Waals surface area (Å²) in [6.07, 6.45) is 1.74. The van der Waals surface area contributed by atoms with E-state index in [9.17, 15) is 4.79 Å². The molecule has 3 heteroatoms. The summed E-state index contributed by atoms with van der Waals surface area (Å²) in [6, 6.07) is 0. The Hall–Kier alpha value is -0.0200. The number of nitrogens with zero attached hydrogens (tertiary/aromatic N) is 1. The fourth-order valence-electron chi connectivity index (χ4n) is 1.22. The molecule has 0 spiro atoms. The molecule has 0 aromatic rings. The molecule has 0 amide bonds. The van der Waals surface area contributed by atoms with Crippen molar-refractivity contribution in [2.75, 3.05) is 25.4 Å². The van der Waals surface area contributed by atoms with Gasteiger partial charge < -0.3 is 4.90 Å². The van der Waals surface area contributed by atoms with Crippen LogP contribution in [0, 0.1) is 0 Å². The summed E-state index contributed by atoms with van der Waals surface area (Å²) in [6.45, 7) is 9.57. The van der Waals surface area contributed by atoms with Crippen molar-refractivity contribution in [2.45, 2.75) is 33.6 Å². The molecule has 0 saturated carbocycles.